The molecule has 0 radical (unpaired) electrons. The lowest BCUT2D eigenvalue weighted by Gasteiger charge is -2.21. The first-order valence-corrected chi connectivity index (χ1v) is 12.6. The molecule has 0 bridgehead atoms. The van der Waals surface area contributed by atoms with Crippen LogP contribution in [0.1, 0.15) is 42.1 Å². The van der Waals surface area contributed by atoms with Gasteiger partial charge in [-0.1, -0.05) is 29.8 Å². The summed E-state index contributed by atoms with van der Waals surface area (Å²) in [7, 11) is 0. The van der Waals surface area contributed by atoms with Gasteiger partial charge in [0.15, 0.2) is 0 Å². The molecule has 6 nitrogen and oxygen atoms in total. The van der Waals surface area contributed by atoms with Crippen LogP contribution in [0.2, 0.25) is 5.02 Å². The lowest BCUT2D eigenvalue weighted by molar-refractivity contribution is 0.0683. The van der Waals surface area contributed by atoms with Crippen LogP contribution in [-0.4, -0.2) is 40.3 Å². The first kappa shape index (κ1) is 23.8. The first-order valence-electron chi connectivity index (χ1n) is 12.2. The van der Waals surface area contributed by atoms with E-state index in [1.165, 1.54) is 22.8 Å². The number of hydrogen-bond acceptors (Lipinski definition) is 5. The smallest absolute Gasteiger partial charge is 0.258 e. The molecule has 1 saturated heterocycles. The largest absolute Gasteiger partial charge is 0.487 e. The Balaban J connectivity index is 1.24. The summed E-state index contributed by atoms with van der Waals surface area (Å²) in [5.74, 6) is 0.526. The summed E-state index contributed by atoms with van der Waals surface area (Å²) in [5.41, 5.74) is 5.52. The van der Waals surface area contributed by atoms with Gasteiger partial charge in [0.05, 0.1) is 16.8 Å². The van der Waals surface area contributed by atoms with Crippen molar-refractivity contribution in [1.29, 1.82) is 0 Å². The molecule has 1 aliphatic heterocycles. The van der Waals surface area contributed by atoms with E-state index in [4.69, 9.17) is 21.1 Å². The average molecular weight is 492 g/mol. The summed E-state index contributed by atoms with van der Waals surface area (Å²) in [4.78, 5) is 19.5. The number of rotatable bonds is 8. The van der Waals surface area contributed by atoms with Crippen molar-refractivity contribution in [3.05, 3.63) is 92.6 Å². The van der Waals surface area contributed by atoms with Gasteiger partial charge in [-0.25, -0.2) is 0 Å². The van der Waals surface area contributed by atoms with Crippen molar-refractivity contribution in [2.45, 2.75) is 45.4 Å². The molecule has 2 aromatic heterocycles. The zero-order valence-corrected chi connectivity index (χ0v) is 20.7. The Kier molecular flexibility index (Phi) is 7.32. The molecule has 0 spiro atoms. The lowest BCUT2D eigenvalue weighted by atomic mass is 9.93. The first-order chi connectivity index (χ1) is 17.1. The molecule has 3 aromatic rings. The van der Waals surface area contributed by atoms with E-state index in [1.807, 2.05) is 12.1 Å². The van der Waals surface area contributed by atoms with Gasteiger partial charge >= 0.3 is 0 Å². The minimum atomic E-state index is -0.101. The number of halogens is 1. The summed E-state index contributed by atoms with van der Waals surface area (Å²) in [5, 5.41) is 0.581. The van der Waals surface area contributed by atoms with E-state index in [9.17, 15) is 4.79 Å². The Labute approximate surface area is 210 Å². The molecule has 1 aromatic carbocycles. The molecule has 5 rings (SSSR count). The van der Waals surface area contributed by atoms with Crippen molar-refractivity contribution in [3.8, 4) is 5.75 Å². The van der Waals surface area contributed by atoms with Crippen LogP contribution in [0.25, 0.3) is 11.8 Å². The SMILES string of the molecule is CCO[C@@H]1CCN(Cc2ccc3c(c2)CCC(n2ccc(OCc4ccc(Cl)cn4)cc2=O)=C3)C1. The number of likely N-dealkylation sites (tertiary alicyclic amines) is 1. The Bertz CT molecular complexity index is 1270. The van der Waals surface area contributed by atoms with Gasteiger partial charge in [0, 0.05) is 50.4 Å². The minimum absolute atomic E-state index is 0.101. The third kappa shape index (κ3) is 5.84. The number of aryl methyl sites for hydroxylation is 1. The highest BCUT2D eigenvalue weighted by molar-refractivity contribution is 6.30. The second kappa shape index (κ2) is 10.8. The minimum Gasteiger partial charge on any atom is -0.487 e. The summed E-state index contributed by atoms with van der Waals surface area (Å²) >= 11 is 5.87. The number of ether oxygens (including phenoxy) is 2. The van der Waals surface area contributed by atoms with Gasteiger partial charge in [0.2, 0.25) is 0 Å². The molecule has 0 unspecified atom stereocenters. The molecular formula is C28H30ClN3O3. The molecule has 3 heterocycles. The Morgan fingerprint density at radius 1 is 1.14 bits per heavy atom. The number of nitrogens with zero attached hydrogens (tertiary/aromatic N) is 3. The maximum Gasteiger partial charge on any atom is 0.258 e. The van der Waals surface area contributed by atoms with Gasteiger partial charge in [-0.15, -0.1) is 0 Å². The van der Waals surface area contributed by atoms with E-state index in [-0.39, 0.29) is 12.2 Å². The van der Waals surface area contributed by atoms with Crippen molar-refractivity contribution >= 4 is 23.4 Å². The highest BCUT2D eigenvalue weighted by Gasteiger charge is 2.23. The van der Waals surface area contributed by atoms with Crippen molar-refractivity contribution < 1.29 is 9.47 Å². The molecule has 182 valence electrons. The number of hydrogen-bond donors (Lipinski definition) is 0. The van der Waals surface area contributed by atoms with Crippen LogP contribution >= 0.6 is 11.6 Å². The maximum atomic E-state index is 12.8. The van der Waals surface area contributed by atoms with Crippen molar-refractivity contribution in [2.75, 3.05) is 19.7 Å². The number of pyridine rings is 2. The van der Waals surface area contributed by atoms with Gasteiger partial charge in [-0.2, -0.15) is 0 Å². The van der Waals surface area contributed by atoms with Gasteiger partial charge in [-0.05, 0) is 67.2 Å². The molecule has 7 heteroatoms. The summed E-state index contributed by atoms with van der Waals surface area (Å²) in [6.07, 6.45) is 8.72. The monoisotopic (exact) mass is 491 g/mol. The number of allylic oxidation sites excluding steroid dienone is 1. The predicted octanol–water partition coefficient (Wildman–Crippen LogP) is 5.03. The molecular weight excluding hydrogens is 462 g/mol. The standard InChI is InChI=1S/C28H30ClN3O3/c1-2-34-27-9-11-31(18-27)17-20-3-4-22-14-25(8-5-21(22)13-20)32-12-10-26(15-28(32)33)35-19-24-7-6-23(29)16-30-24/h3-4,6-7,10,12-16,27H,2,5,8-9,11,17-19H2,1H3/t27-/m1/s1. The third-order valence-electron chi connectivity index (χ3n) is 6.59. The Morgan fingerprint density at radius 3 is 2.86 bits per heavy atom. The molecule has 1 aliphatic carbocycles. The fourth-order valence-corrected chi connectivity index (χ4v) is 4.94. The number of fused-ring (bicyclic) bond motifs is 1. The van der Waals surface area contributed by atoms with Crippen molar-refractivity contribution in [1.82, 2.24) is 14.5 Å². The van der Waals surface area contributed by atoms with Crippen LogP contribution in [0.3, 0.4) is 0 Å². The van der Waals surface area contributed by atoms with Crippen LogP contribution in [0.5, 0.6) is 5.75 Å². The average Bonchev–Trinajstić information content (AvgIpc) is 3.30. The van der Waals surface area contributed by atoms with E-state index in [0.29, 0.717) is 16.9 Å². The van der Waals surface area contributed by atoms with E-state index in [1.54, 1.807) is 23.0 Å². The van der Waals surface area contributed by atoms with Gasteiger partial charge in [0.1, 0.15) is 12.4 Å². The van der Waals surface area contributed by atoms with Gasteiger partial charge in [0.25, 0.3) is 5.56 Å². The van der Waals surface area contributed by atoms with Crippen LogP contribution in [0.4, 0.5) is 0 Å². The van der Waals surface area contributed by atoms with Gasteiger partial charge in [-0.3, -0.25) is 19.2 Å². The van der Waals surface area contributed by atoms with Crippen LogP contribution in [-0.2, 0) is 24.3 Å². The number of benzene rings is 1. The van der Waals surface area contributed by atoms with E-state index in [0.717, 1.165) is 56.9 Å². The Hall–Kier alpha value is -2.93. The molecule has 35 heavy (non-hydrogen) atoms. The van der Waals surface area contributed by atoms with Crippen LogP contribution in [0.15, 0.2) is 59.7 Å². The fourth-order valence-electron chi connectivity index (χ4n) is 4.83. The van der Waals surface area contributed by atoms with Crippen LogP contribution in [0, 0.1) is 0 Å². The highest BCUT2D eigenvalue weighted by Crippen LogP contribution is 2.28. The predicted molar refractivity (Wildman–Crippen MR) is 139 cm³/mol. The maximum absolute atomic E-state index is 12.8. The normalized spacial score (nSPS) is 17.8. The van der Waals surface area contributed by atoms with E-state index < -0.39 is 0 Å². The Morgan fingerprint density at radius 2 is 2.06 bits per heavy atom. The quantitative estimate of drug-likeness (QED) is 0.442. The van der Waals surface area contributed by atoms with Crippen molar-refractivity contribution in [2.24, 2.45) is 0 Å². The zero-order valence-electron chi connectivity index (χ0n) is 20.0. The van der Waals surface area contributed by atoms with E-state index in [2.05, 4.69) is 41.1 Å². The fraction of sp³-hybridized carbons (Fsp3) is 0.357. The molecule has 0 saturated carbocycles. The van der Waals surface area contributed by atoms with Crippen LogP contribution < -0.4 is 10.3 Å². The number of aromatic nitrogens is 2. The molecule has 0 amide bonds. The second-order valence-corrected chi connectivity index (χ2v) is 9.53. The summed E-state index contributed by atoms with van der Waals surface area (Å²) in [6, 6.07) is 13.6. The molecule has 1 fully saturated rings. The van der Waals surface area contributed by atoms with Crippen molar-refractivity contribution in [3.63, 3.8) is 0 Å². The molecule has 2 aliphatic rings. The van der Waals surface area contributed by atoms with E-state index >= 15 is 0 Å². The third-order valence-corrected chi connectivity index (χ3v) is 6.82. The topological polar surface area (TPSA) is 56.6 Å². The second-order valence-electron chi connectivity index (χ2n) is 9.10. The lowest BCUT2D eigenvalue weighted by Crippen LogP contribution is -2.23. The molecule has 0 N–H and O–H groups in total. The molecule has 1 atom stereocenters. The summed E-state index contributed by atoms with van der Waals surface area (Å²) in [6.45, 7) is 6.18. The van der Waals surface area contributed by atoms with Gasteiger partial charge < -0.3 is 9.47 Å². The zero-order chi connectivity index (χ0) is 24.2. The highest BCUT2D eigenvalue weighted by atomic mass is 35.5. The summed E-state index contributed by atoms with van der Waals surface area (Å²) < 4.78 is 13.2.